The van der Waals surface area contributed by atoms with E-state index in [9.17, 15) is 4.79 Å². The zero-order valence-corrected chi connectivity index (χ0v) is 11.0. The number of piperidine rings is 1. The lowest BCUT2D eigenvalue weighted by Gasteiger charge is -2.28. The summed E-state index contributed by atoms with van der Waals surface area (Å²) in [5, 5.41) is 0. The Bertz CT molecular complexity index is 448. The number of hydrogen-bond donors (Lipinski definition) is 0. The first-order valence-corrected chi connectivity index (χ1v) is 6.99. The molecule has 0 unspecified atom stereocenters. The second kappa shape index (κ2) is 5.65. The predicted octanol–water partition coefficient (Wildman–Crippen LogP) is 1.54. The maximum Gasteiger partial charge on any atom is 0.136 e. The number of ether oxygens (including phenoxy) is 1. The molecule has 0 aromatic carbocycles. The van der Waals surface area contributed by atoms with Crippen molar-refractivity contribution >= 4 is 11.6 Å². The predicted molar refractivity (Wildman–Crippen MR) is 71.3 cm³/mol. The normalized spacial score (nSPS) is 21.7. The third kappa shape index (κ3) is 2.92. The Balaban J connectivity index is 1.73. The van der Waals surface area contributed by atoms with E-state index in [0.717, 1.165) is 50.7 Å². The molecule has 2 aliphatic rings. The highest BCUT2D eigenvalue weighted by molar-refractivity contribution is 5.80. The second-order valence-corrected chi connectivity index (χ2v) is 5.21. The average molecular weight is 261 g/mol. The minimum Gasteiger partial charge on any atom is -0.381 e. The minimum absolute atomic E-state index is 0.356. The van der Waals surface area contributed by atoms with Crippen molar-refractivity contribution < 1.29 is 9.53 Å². The van der Waals surface area contributed by atoms with Crippen LogP contribution in [0.4, 0.5) is 5.82 Å². The first-order chi connectivity index (χ1) is 9.33. The molecule has 5 heteroatoms. The summed E-state index contributed by atoms with van der Waals surface area (Å²) in [6.45, 7) is 3.20. The number of carbonyl (C=O) groups is 1. The fourth-order valence-electron chi connectivity index (χ4n) is 2.74. The van der Waals surface area contributed by atoms with Crippen molar-refractivity contribution in [3.05, 3.63) is 18.1 Å². The van der Waals surface area contributed by atoms with Crippen LogP contribution < -0.4 is 4.90 Å². The number of anilines is 1. The molecule has 2 saturated heterocycles. The van der Waals surface area contributed by atoms with Gasteiger partial charge in [-0.2, -0.15) is 0 Å². The van der Waals surface area contributed by atoms with Crippen molar-refractivity contribution in [1.82, 2.24) is 9.97 Å². The molecule has 19 heavy (non-hydrogen) atoms. The van der Waals surface area contributed by atoms with E-state index in [2.05, 4.69) is 20.9 Å². The molecule has 0 bridgehead atoms. The number of rotatable bonds is 2. The molecular weight excluding hydrogens is 242 g/mol. The summed E-state index contributed by atoms with van der Waals surface area (Å²) in [5.41, 5.74) is 1.12. The van der Waals surface area contributed by atoms with E-state index in [1.54, 1.807) is 6.33 Å². The third-order valence-corrected chi connectivity index (χ3v) is 3.96. The van der Waals surface area contributed by atoms with Gasteiger partial charge in [0.15, 0.2) is 0 Å². The highest BCUT2D eigenvalue weighted by Crippen LogP contribution is 2.27. The molecule has 3 heterocycles. The Kier molecular flexibility index (Phi) is 3.73. The number of carbonyl (C=O) groups excluding carboxylic acids is 1. The molecule has 1 aromatic rings. The van der Waals surface area contributed by atoms with E-state index in [0.29, 0.717) is 24.5 Å². The fourth-order valence-corrected chi connectivity index (χ4v) is 2.74. The zero-order valence-electron chi connectivity index (χ0n) is 11.0. The van der Waals surface area contributed by atoms with Gasteiger partial charge in [-0.3, -0.25) is 4.79 Å². The molecule has 0 spiro atoms. The maximum absolute atomic E-state index is 11.3. The Morgan fingerprint density at radius 1 is 1.16 bits per heavy atom. The summed E-state index contributed by atoms with van der Waals surface area (Å²) < 4.78 is 5.39. The van der Waals surface area contributed by atoms with Gasteiger partial charge in [0.05, 0.1) is 0 Å². The smallest absolute Gasteiger partial charge is 0.136 e. The monoisotopic (exact) mass is 261 g/mol. The first kappa shape index (κ1) is 12.5. The van der Waals surface area contributed by atoms with E-state index in [-0.39, 0.29) is 0 Å². The SMILES string of the molecule is O=C1CCN(c2cc(C3CCOCC3)ncn2)CC1. The van der Waals surface area contributed by atoms with Crippen molar-refractivity contribution in [3.8, 4) is 0 Å². The number of ketones is 1. The Morgan fingerprint density at radius 3 is 2.63 bits per heavy atom. The van der Waals surface area contributed by atoms with E-state index < -0.39 is 0 Å². The molecule has 0 atom stereocenters. The van der Waals surface area contributed by atoms with Gasteiger partial charge in [-0.1, -0.05) is 0 Å². The number of Topliss-reactive ketones (excluding diaryl/α,β-unsaturated/α-hetero) is 1. The van der Waals surface area contributed by atoms with Gasteiger partial charge in [0, 0.05) is 56.8 Å². The Labute approximate surface area is 113 Å². The third-order valence-electron chi connectivity index (χ3n) is 3.96. The molecule has 0 saturated carbocycles. The quantitative estimate of drug-likeness (QED) is 0.808. The van der Waals surface area contributed by atoms with Crippen LogP contribution in [0.5, 0.6) is 0 Å². The van der Waals surface area contributed by atoms with E-state index in [4.69, 9.17) is 4.74 Å². The van der Waals surface area contributed by atoms with Crippen LogP contribution in [0.25, 0.3) is 0 Å². The van der Waals surface area contributed by atoms with Crippen LogP contribution in [0.1, 0.15) is 37.3 Å². The molecule has 2 aliphatic heterocycles. The van der Waals surface area contributed by atoms with Crippen LogP contribution in [-0.4, -0.2) is 42.1 Å². The maximum atomic E-state index is 11.3. The molecule has 102 valence electrons. The number of hydrogen-bond acceptors (Lipinski definition) is 5. The van der Waals surface area contributed by atoms with Gasteiger partial charge >= 0.3 is 0 Å². The van der Waals surface area contributed by atoms with E-state index in [1.807, 2.05) is 0 Å². The summed E-state index contributed by atoms with van der Waals surface area (Å²) in [4.78, 5) is 22.2. The van der Waals surface area contributed by atoms with E-state index in [1.165, 1.54) is 0 Å². The molecule has 2 fully saturated rings. The molecule has 0 aliphatic carbocycles. The topological polar surface area (TPSA) is 55.3 Å². The highest BCUT2D eigenvalue weighted by Gasteiger charge is 2.21. The molecule has 0 radical (unpaired) electrons. The highest BCUT2D eigenvalue weighted by atomic mass is 16.5. The minimum atomic E-state index is 0.356. The lowest BCUT2D eigenvalue weighted by Crippen LogP contribution is -2.34. The van der Waals surface area contributed by atoms with Crippen LogP contribution in [0.3, 0.4) is 0 Å². The van der Waals surface area contributed by atoms with Crippen LogP contribution in [0, 0.1) is 0 Å². The van der Waals surface area contributed by atoms with Gasteiger partial charge in [0.2, 0.25) is 0 Å². The largest absolute Gasteiger partial charge is 0.381 e. The van der Waals surface area contributed by atoms with Crippen LogP contribution >= 0.6 is 0 Å². The lowest BCUT2D eigenvalue weighted by atomic mass is 9.96. The molecular formula is C14H19N3O2. The van der Waals surface area contributed by atoms with Crippen LogP contribution in [0.15, 0.2) is 12.4 Å². The van der Waals surface area contributed by atoms with Crippen molar-refractivity contribution in [2.75, 3.05) is 31.2 Å². The van der Waals surface area contributed by atoms with Crippen molar-refractivity contribution in [1.29, 1.82) is 0 Å². The van der Waals surface area contributed by atoms with Gasteiger partial charge in [-0.15, -0.1) is 0 Å². The average Bonchev–Trinajstić information content (AvgIpc) is 2.49. The zero-order chi connectivity index (χ0) is 13.1. The van der Waals surface area contributed by atoms with Crippen molar-refractivity contribution in [2.45, 2.75) is 31.6 Å². The molecule has 0 amide bonds. The van der Waals surface area contributed by atoms with Gasteiger partial charge in [-0.05, 0) is 12.8 Å². The van der Waals surface area contributed by atoms with Gasteiger partial charge in [0.1, 0.15) is 17.9 Å². The Morgan fingerprint density at radius 2 is 1.89 bits per heavy atom. The summed E-state index contributed by atoms with van der Waals surface area (Å²) >= 11 is 0. The number of aromatic nitrogens is 2. The summed E-state index contributed by atoms with van der Waals surface area (Å²) in [6.07, 6.45) is 4.99. The summed E-state index contributed by atoms with van der Waals surface area (Å²) in [5.74, 6) is 1.81. The van der Waals surface area contributed by atoms with Crippen LogP contribution in [0.2, 0.25) is 0 Å². The van der Waals surface area contributed by atoms with Gasteiger partial charge in [0.25, 0.3) is 0 Å². The molecule has 5 nitrogen and oxygen atoms in total. The molecule has 3 rings (SSSR count). The van der Waals surface area contributed by atoms with Gasteiger partial charge < -0.3 is 9.64 Å². The Hall–Kier alpha value is -1.49. The lowest BCUT2D eigenvalue weighted by molar-refractivity contribution is -0.119. The van der Waals surface area contributed by atoms with E-state index >= 15 is 0 Å². The number of nitrogens with zero attached hydrogens (tertiary/aromatic N) is 3. The molecule has 0 N–H and O–H groups in total. The van der Waals surface area contributed by atoms with Crippen LogP contribution in [-0.2, 0) is 9.53 Å². The summed E-state index contributed by atoms with van der Waals surface area (Å²) in [7, 11) is 0. The van der Waals surface area contributed by atoms with Crippen molar-refractivity contribution in [3.63, 3.8) is 0 Å². The molecule has 1 aromatic heterocycles. The first-order valence-electron chi connectivity index (χ1n) is 6.99. The van der Waals surface area contributed by atoms with Crippen molar-refractivity contribution in [2.24, 2.45) is 0 Å². The fraction of sp³-hybridized carbons (Fsp3) is 0.643. The second-order valence-electron chi connectivity index (χ2n) is 5.21. The standard InChI is InChI=1S/C14H19N3O2/c18-12-1-5-17(6-2-12)14-9-13(15-10-16-14)11-3-7-19-8-4-11/h9-11H,1-8H2. The summed E-state index contributed by atoms with van der Waals surface area (Å²) in [6, 6.07) is 2.09. The van der Waals surface area contributed by atoms with Gasteiger partial charge in [-0.25, -0.2) is 9.97 Å².